The second-order valence-corrected chi connectivity index (χ2v) is 25.4. The van der Waals surface area contributed by atoms with Crippen molar-refractivity contribution in [3.63, 3.8) is 0 Å². The number of hydrogen-bond donors (Lipinski definition) is 0. The monoisotopic (exact) mass is 886 g/mol. The van der Waals surface area contributed by atoms with Gasteiger partial charge in [-0.2, -0.15) is 0 Å². The molecular weight excluding hydrogens is 810 g/mol. The van der Waals surface area contributed by atoms with E-state index >= 15 is 0 Å². The summed E-state index contributed by atoms with van der Waals surface area (Å²) in [4.78, 5) is 11.5. The first-order valence-corrected chi connectivity index (χ1v) is 28.4. The van der Waals surface area contributed by atoms with Gasteiger partial charge in [0.15, 0.2) is 6.71 Å². The van der Waals surface area contributed by atoms with Gasteiger partial charge in [0.2, 0.25) is 0 Å². The van der Waals surface area contributed by atoms with Gasteiger partial charge in [-0.25, -0.2) is 0 Å². The maximum absolute atomic E-state index is 7.90. The Morgan fingerprint density at radius 3 is 2.51 bits per heavy atom. The fourth-order valence-corrected chi connectivity index (χ4v) is 20.7. The Hall–Kier alpha value is -2.67. The molecule has 9 aliphatic carbocycles. The van der Waals surface area contributed by atoms with E-state index < -0.39 is 0 Å². The highest BCUT2D eigenvalue weighted by Gasteiger charge is 2.75. The van der Waals surface area contributed by atoms with Gasteiger partial charge >= 0.3 is 0 Å². The van der Waals surface area contributed by atoms with Gasteiger partial charge in [0.1, 0.15) is 0 Å². The molecule has 14 unspecified atom stereocenters. The number of thioether (sulfide) groups is 1. The molecule has 0 radical (unpaired) electrons. The van der Waals surface area contributed by atoms with Crippen LogP contribution in [0.15, 0.2) is 119 Å². The minimum absolute atomic E-state index is 0.147. The zero-order chi connectivity index (χ0) is 43.0. The molecule has 5 aliphatic heterocycles. The van der Waals surface area contributed by atoms with Gasteiger partial charge in [0, 0.05) is 75.1 Å². The lowest BCUT2D eigenvalue weighted by Gasteiger charge is -2.67. The van der Waals surface area contributed by atoms with Crippen molar-refractivity contribution in [2.24, 2.45) is 29.1 Å². The van der Waals surface area contributed by atoms with E-state index in [0.717, 1.165) is 0 Å². The van der Waals surface area contributed by atoms with Gasteiger partial charge in [-0.05, 0) is 150 Å². The summed E-state index contributed by atoms with van der Waals surface area (Å²) in [5.74, 6) is 3.58. The number of fused-ring (bicyclic) bond motifs is 10. The molecule has 0 aromatic heterocycles. The Bertz CT molecular complexity index is 2240. The van der Waals surface area contributed by atoms with Gasteiger partial charge in [-0.3, -0.25) is 4.90 Å². The molecule has 3 saturated carbocycles. The molecule has 0 aromatic carbocycles. The first-order chi connectivity index (χ1) is 32.0. The van der Waals surface area contributed by atoms with E-state index in [2.05, 4.69) is 131 Å². The zero-order valence-electron chi connectivity index (χ0n) is 39.7. The molecular formula is C59H76BN3OS. The highest BCUT2D eigenvalue weighted by Crippen LogP contribution is 2.71. The van der Waals surface area contributed by atoms with Crippen LogP contribution in [0.1, 0.15) is 142 Å². The number of rotatable bonds is 5. The van der Waals surface area contributed by atoms with Crippen LogP contribution in [0.4, 0.5) is 0 Å². The van der Waals surface area contributed by atoms with Crippen molar-refractivity contribution < 1.29 is 4.74 Å². The molecule has 0 aromatic rings. The third-order valence-electron chi connectivity index (χ3n) is 21.4. The van der Waals surface area contributed by atoms with E-state index in [1.165, 1.54) is 128 Å². The minimum atomic E-state index is 0.147. The van der Waals surface area contributed by atoms with Crippen LogP contribution in [-0.2, 0) is 4.74 Å². The van der Waals surface area contributed by atoms with Crippen LogP contribution in [0.25, 0.3) is 0 Å². The molecule has 1 spiro atoms. The van der Waals surface area contributed by atoms with Crippen molar-refractivity contribution >= 4 is 18.5 Å². The van der Waals surface area contributed by atoms with E-state index in [4.69, 9.17) is 4.74 Å². The second kappa shape index (κ2) is 15.9. The lowest BCUT2D eigenvalue weighted by Crippen LogP contribution is -2.76. The molecule has 5 saturated heterocycles. The highest BCUT2D eigenvalue weighted by molar-refractivity contribution is 8.04. The summed E-state index contributed by atoms with van der Waals surface area (Å²) in [7, 11) is 0. The molecule has 342 valence electrons. The largest absolute Gasteiger partial charge is 0.377 e. The molecule has 0 N–H and O–H groups in total. The predicted octanol–water partition coefficient (Wildman–Crippen LogP) is 13.2. The Kier molecular flexibility index (Phi) is 10.1. The molecule has 4 nitrogen and oxygen atoms in total. The van der Waals surface area contributed by atoms with Gasteiger partial charge < -0.3 is 14.5 Å². The first-order valence-electron chi connectivity index (χ1n) is 27.5. The molecule has 6 heteroatoms. The summed E-state index contributed by atoms with van der Waals surface area (Å²) >= 11 is 2.25. The predicted molar refractivity (Wildman–Crippen MR) is 270 cm³/mol. The number of nitrogens with zero attached hydrogens (tertiary/aromatic N) is 3. The van der Waals surface area contributed by atoms with E-state index in [1.807, 2.05) is 0 Å². The van der Waals surface area contributed by atoms with Gasteiger partial charge in [-0.15, -0.1) is 11.8 Å². The molecule has 14 rings (SSSR count). The molecule has 14 atom stereocenters. The van der Waals surface area contributed by atoms with E-state index in [-0.39, 0.29) is 17.6 Å². The van der Waals surface area contributed by atoms with Crippen LogP contribution in [0.5, 0.6) is 0 Å². The normalized spacial score (nSPS) is 43.9. The summed E-state index contributed by atoms with van der Waals surface area (Å²) in [6.07, 6.45) is 64.8. The van der Waals surface area contributed by atoms with Crippen molar-refractivity contribution in [2.45, 2.75) is 213 Å². The molecule has 5 heterocycles. The fourth-order valence-electron chi connectivity index (χ4n) is 19.1. The van der Waals surface area contributed by atoms with Crippen LogP contribution in [0, 0.1) is 29.1 Å². The standard InChI is InChI=1S/C59H76BN3OS/c1-58(2)59(32-17-6-18-33-59)46-34-39(38-20-7-3-8-21-38)35-47-55(46)63(58)50-37-42(61(40-22-9-4-10-23-40)41-24-11-5-12-25-41)36-49-53(50)60(47)57-54(45-27-13-15-30-51(45)64-57)62(49)48-29-19-28-44-43-26-14-16-31-52(43)65-56(44)48/h4,7,9,14-16,19-22,26,29-31,35,41-47,49-55,57H,3,5-6,8,10-13,17-18,23-25,27-28,32-34,36-37H2,1-2H3. The second-order valence-electron chi connectivity index (χ2n) is 24.2. The summed E-state index contributed by atoms with van der Waals surface area (Å²) in [5.41, 5.74) is 7.09. The van der Waals surface area contributed by atoms with Crippen LogP contribution in [0.3, 0.4) is 0 Å². The third kappa shape index (κ3) is 6.09. The quantitative estimate of drug-likeness (QED) is 0.202. The average molecular weight is 886 g/mol. The lowest BCUT2D eigenvalue weighted by atomic mass is 9.22. The lowest BCUT2D eigenvalue weighted by molar-refractivity contribution is -0.0621. The molecule has 0 bridgehead atoms. The third-order valence-corrected chi connectivity index (χ3v) is 23.0. The Morgan fingerprint density at radius 2 is 1.66 bits per heavy atom. The maximum Gasteiger partial charge on any atom is 0.194 e. The van der Waals surface area contributed by atoms with Crippen molar-refractivity contribution in [3.05, 3.63) is 119 Å². The summed E-state index contributed by atoms with van der Waals surface area (Å²) in [6, 6.07) is 3.58. The maximum atomic E-state index is 7.90. The minimum Gasteiger partial charge on any atom is -0.377 e. The van der Waals surface area contributed by atoms with Crippen LogP contribution in [0.2, 0.25) is 11.6 Å². The van der Waals surface area contributed by atoms with Gasteiger partial charge in [-0.1, -0.05) is 118 Å². The summed E-state index contributed by atoms with van der Waals surface area (Å²) < 4.78 is 7.90. The van der Waals surface area contributed by atoms with Gasteiger partial charge in [0.05, 0.1) is 18.1 Å². The van der Waals surface area contributed by atoms with E-state index in [1.54, 1.807) is 27.4 Å². The molecule has 65 heavy (non-hydrogen) atoms. The number of allylic oxidation sites excluding steroid dienone is 16. The summed E-state index contributed by atoms with van der Waals surface area (Å²) in [5, 5.41) is 0.562. The van der Waals surface area contributed by atoms with Gasteiger partial charge in [0.25, 0.3) is 0 Å². The fraction of sp³-hybridized carbons (Fsp3) is 0.661. The number of hydrogen-bond acceptors (Lipinski definition) is 5. The topological polar surface area (TPSA) is 19.0 Å². The van der Waals surface area contributed by atoms with E-state index in [0.29, 0.717) is 88.9 Å². The first kappa shape index (κ1) is 41.3. The molecule has 0 amide bonds. The van der Waals surface area contributed by atoms with Crippen molar-refractivity contribution in [1.29, 1.82) is 0 Å². The van der Waals surface area contributed by atoms with Crippen molar-refractivity contribution in [2.75, 3.05) is 0 Å². The average Bonchev–Trinajstić information content (AvgIpc) is 3.99. The van der Waals surface area contributed by atoms with Crippen LogP contribution >= 0.6 is 11.8 Å². The van der Waals surface area contributed by atoms with E-state index in [9.17, 15) is 0 Å². The SMILES string of the molecule is CC1(C)N2C3CC(N(C4=CC=CCC4)C4CCCCC4)CC4C3B(C3C=C(C5=CCCC=C5)CC(C32)C12CCCCC2)C1OC2C=CCCC2C1N4C1=C2SC3C=CC=CC3C2CC=C1. The van der Waals surface area contributed by atoms with Crippen LogP contribution in [-0.4, -0.2) is 80.6 Å². The molecule has 14 aliphatic rings. The van der Waals surface area contributed by atoms with Crippen molar-refractivity contribution in [3.8, 4) is 0 Å². The summed E-state index contributed by atoms with van der Waals surface area (Å²) in [6.45, 7) is 6.17. The van der Waals surface area contributed by atoms with Crippen LogP contribution < -0.4 is 0 Å². The Labute approximate surface area is 396 Å². The molecule has 8 fully saturated rings. The van der Waals surface area contributed by atoms with Crippen molar-refractivity contribution in [1.82, 2.24) is 14.7 Å². The Balaban J connectivity index is 0.992. The highest BCUT2D eigenvalue weighted by atomic mass is 32.2. The zero-order valence-corrected chi connectivity index (χ0v) is 40.5. The Morgan fingerprint density at radius 1 is 0.800 bits per heavy atom. The smallest absolute Gasteiger partial charge is 0.194 e. The number of ether oxygens (including phenoxy) is 1.